The maximum absolute atomic E-state index is 12.2. The number of fused-ring (bicyclic) bond motifs is 1. The SMILES string of the molecule is Cc1cccc2c1CC=C2OS(=O)(=O)C(F)(F)F. The van der Waals surface area contributed by atoms with Gasteiger partial charge in [0.2, 0.25) is 0 Å². The van der Waals surface area contributed by atoms with Crippen LogP contribution in [0.3, 0.4) is 0 Å². The van der Waals surface area contributed by atoms with E-state index in [4.69, 9.17) is 0 Å². The second-order valence-corrected chi connectivity index (χ2v) is 5.39. The average molecular weight is 278 g/mol. The molecule has 18 heavy (non-hydrogen) atoms. The predicted octanol–water partition coefficient (Wildman–Crippen LogP) is 2.76. The molecular formula is C11H9F3O3S. The topological polar surface area (TPSA) is 43.4 Å². The molecule has 0 aromatic heterocycles. The highest BCUT2D eigenvalue weighted by molar-refractivity contribution is 7.87. The Bertz CT molecular complexity index is 615. The van der Waals surface area contributed by atoms with E-state index in [1.165, 1.54) is 12.1 Å². The van der Waals surface area contributed by atoms with Crippen LogP contribution < -0.4 is 0 Å². The van der Waals surface area contributed by atoms with Crippen LogP contribution in [0.15, 0.2) is 24.3 Å². The largest absolute Gasteiger partial charge is 0.534 e. The second-order valence-electron chi connectivity index (χ2n) is 3.86. The zero-order valence-electron chi connectivity index (χ0n) is 9.28. The third kappa shape index (κ3) is 2.10. The normalized spacial score (nSPS) is 15.2. The van der Waals surface area contributed by atoms with Crippen LogP contribution in [-0.2, 0) is 20.7 Å². The monoisotopic (exact) mass is 278 g/mol. The highest BCUT2D eigenvalue weighted by atomic mass is 32.2. The van der Waals surface area contributed by atoms with Crippen molar-refractivity contribution in [3.05, 3.63) is 41.0 Å². The van der Waals surface area contributed by atoms with E-state index in [1.807, 2.05) is 0 Å². The quantitative estimate of drug-likeness (QED) is 0.617. The summed E-state index contributed by atoms with van der Waals surface area (Å²) in [5.74, 6) is -0.258. The van der Waals surface area contributed by atoms with Crippen molar-refractivity contribution in [3.63, 3.8) is 0 Å². The zero-order chi connectivity index (χ0) is 13.6. The van der Waals surface area contributed by atoms with E-state index in [0.29, 0.717) is 12.0 Å². The molecule has 2 rings (SSSR count). The van der Waals surface area contributed by atoms with Gasteiger partial charge < -0.3 is 4.18 Å². The molecule has 0 radical (unpaired) electrons. The smallest absolute Gasteiger partial charge is 0.376 e. The highest BCUT2D eigenvalue weighted by Gasteiger charge is 2.49. The molecule has 0 N–H and O–H groups in total. The van der Waals surface area contributed by atoms with Crippen molar-refractivity contribution in [2.45, 2.75) is 18.9 Å². The summed E-state index contributed by atoms with van der Waals surface area (Å²) in [7, 11) is -5.61. The van der Waals surface area contributed by atoms with E-state index in [9.17, 15) is 21.6 Å². The van der Waals surface area contributed by atoms with Crippen molar-refractivity contribution >= 4 is 15.9 Å². The summed E-state index contributed by atoms with van der Waals surface area (Å²) in [4.78, 5) is 0. The van der Waals surface area contributed by atoms with Crippen LogP contribution in [0.2, 0.25) is 0 Å². The van der Waals surface area contributed by atoms with Crippen LogP contribution in [0, 0.1) is 6.92 Å². The molecule has 1 aliphatic rings. The number of aryl methyl sites for hydroxylation is 1. The van der Waals surface area contributed by atoms with E-state index in [2.05, 4.69) is 4.18 Å². The van der Waals surface area contributed by atoms with Gasteiger partial charge in [0.05, 0.1) is 0 Å². The molecule has 0 saturated carbocycles. The van der Waals surface area contributed by atoms with Crippen molar-refractivity contribution < 1.29 is 25.8 Å². The molecular weight excluding hydrogens is 269 g/mol. The number of alkyl halides is 3. The molecule has 3 nitrogen and oxygen atoms in total. The fourth-order valence-corrected chi connectivity index (χ4v) is 2.24. The number of hydrogen-bond acceptors (Lipinski definition) is 3. The van der Waals surface area contributed by atoms with Crippen LogP contribution in [0.4, 0.5) is 13.2 Å². The fourth-order valence-electron chi connectivity index (χ4n) is 1.75. The number of rotatable bonds is 2. The second kappa shape index (κ2) is 4.01. The molecule has 0 unspecified atom stereocenters. The van der Waals surface area contributed by atoms with Gasteiger partial charge in [0.15, 0.2) is 0 Å². The van der Waals surface area contributed by atoms with Gasteiger partial charge >= 0.3 is 15.6 Å². The standard InChI is InChI=1S/C11H9F3O3S/c1-7-3-2-4-9-8(7)5-6-10(9)17-18(15,16)11(12,13)14/h2-4,6H,5H2,1H3. The van der Waals surface area contributed by atoms with Crippen LogP contribution >= 0.6 is 0 Å². The maximum Gasteiger partial charge on any atom is 0.534 e. The molecule has 7 heteroatoms. The Morgan fingerprint density at radius 2 is 1.94 bits per heavy atom. The lowest BCUT2D eigenvalue weighted by Crippen LogP contribution is -2.24. The number of hydrogen-bond donors (Lipinski definition) is 0. The summed E-state index contributed by atoms with van der Waals surface area (Å²) in [6.45, 7) is 1.80. The minimum atomic E-state index is -5.61. The lowest BCUT2D eigenvalue weighted by atomic mass is 10.0. The number of halogens is 3. The molecule has 98 valence electrons. The molecule has 0 amide bonds. The van der Waals surface area contributed by atoms with E-state index in [0.717, 1.165) is 11.1 Å². The summed E-state index contributed by atoms with van der Waals surface area (Å²) < 4.78 is 62.6. The van der Waals surface area contributed by atoms with Crippen LogP contribution in [0.25, 0.3) is 5.76 Å². The predicted molar refractivity (Wildman–Crippen MR) is 58.9 cm³/mol. The van der Waals surface area contributed by atoms with Gasteiger partial charge in [-0.05, 0) is 30.5 Å². The minimum absolute atomic E-state index is 0.258. The Morgan fingerprint density at radius 3 is 2.56 bits per heavy atom. The number of allylic oxidation sites excluding steroid dienone is 1. The van der Waals surface area contributed by atoms with Gasteiger partial charge in [-0.2, -0.15) is 21.6 Å². The Hall–Kier alpha value is -1.50. The first-order valence-corrected chi connectivity index (χ1v) is 6.43. The average Bonchev–Trinajstić information content (AvgIpc) is 2.61. The van der Waals surface area contributed by atoms with Gasteiger partial charge in [0.1, 0.15) is 5.76 Å². The van der Waals surface area contributed by atoms with Crippen molar-refractivity contribution in [1.29, 1.82) is 0 Å². The van der Waals surface area contributed by atoms with Gasteiger partial charge in [-0.3, -0.25) is 0 Å². The Labute approximate surface area is 102 Å². The molecule has 0 fully saturated rings. The van der Waals surface area contributed by atoms with Gasteiger partial charge in [0, 0.05) is 5.56 Å². The Kier molecular flexibility index (Phi) is 2.89. The van der Waals surface area contributed by atoms with Crippen molar-refractivity contribution in [2.24, 2.45) is 0 Å². The molecule has 0 atom stereocenters. The van der Waals surface area contributed by atoms with Crippen LogP contribution in [-0.4, -0.2) is 13.9 Å². The lowest BCUT2D eigenvalue weighted by Gasteiger charge is -2.11. The summed E-state index contributed by atoms with van der Waals surface area (Å²) in [5.41, 5.74) is -3.36. The molecule has 1 aromatic rings. The summed E-state index contributed by atoms with van der Waals surface area (Å²) in [6, 6.07) is 4.97. The molecule has 0 heterocycles. The molecule has 1 aliphatic carbocycles. The van der Waals surface area contributed by atoms with Gasteiger partial charge in [0.25, 0.3) is 0 Å². The van der Waals surface area contributed by atoms with Crippen LogP contribution in [0.5, 0.6) is 0 Å². The first-order chi connectivity index (χ1) is 8.22. The third-order valence-electron chi connectivity index (χ3n) is 2.65. The van der Waals surface area contributed by atoms with Crippen molar-refractivity contribution in [2.75, 3.05) is 0 Å². The first-order valence-electron chi connectivity index (χ1n) is 5.02. The summed E-state index contributed by atoms with van der Waals surface area (Å²) in [6.07, 6.45) is 1.70. The van der Waals surface area contributed by atoms with E-state index >= 15 is 0 Å². The summed E-state index contributed by atoms with van der Waals surface area (Å²) in [5, 5.41) is 0. The van der Waals surface area contributed by atoms with Crippen molar-refractivity contribution in [1.82, 2.24) is 0 Å². The fraction of sp³-hybridized carbons (Fsp3) is 0.273. The minimum Gasteiger partial charge on any atom is -0.376 e. The van der Waals surface area contributed by atoms with Gasteiger partial charge in [-0.25, -0.2) is 0 Å². The molecule has 0 bridgehead atoms. The van der Waals surface area contributed by atoms with E-state index in [1.54, 1.807) is 19.1 Å². The van der Waals surface area contributed by atoms with Crippen LogP contribution in [0.1, 0.15) is 16.7 Å². The first kappa shape index (κ1) is 12.9. The number of benzene rings is 1. The van der Waals surface area contributed by atoms with E-state index < -0.39 is 15.6 Å². The van der Waals surface area contributed by atoms with E-state index in [-0.39, 0.29) is 5.76 Å². The lowest BCUT2D eigenvalue weighted by molar-refractivity contribution is -0.0509. The molecule has 1 aromatic carbocycles. The van der Waals surface area contributed by atoms with Gasteiger partial charge in [-0.15, -0.1) is 0 Å². The highest BCUT2D eigenvalue weighted by Crippen LogP contribution is 2.35. The summed E-state index contributed by atoms with van der Waals surface area (Å²) >= 11 is 0. The van der Waals surface area contributed by atoms with Gasteiger partial charge in [-0.1, -0.05) is 18.2 Å². The Morgan fingerprint density at radius 1 is 1.28 bits per heavy atom. The molecule has 0 spiro atoms. The zero-order valence-corrected chi connectivity index (χ0v) is 10.1. The van der Waals surface area contributed by atoms with Crippen molar-refractivity contribution in [3.8, 4) is 0 Å². The maximum atomic E-state index is 12.2. The Balaban J connectivity index is 2.34. The third-order valence-corrected chi connectivity index (χ3v) is 3.62. The molecule has 0 saturated heterocycles. The molecule has 0 aliphatic heterocycles.